The molecule has 2 N–H and O–H groups in total. The Morgan fingerprint density at radius 2 is 2.30 bits per heavy atom. The summed E-state index contributed by atoms with van der Waals surface area (Å²) >= 11 is 0. The van der Waals surface area contributed by atoms with Crippen LogP contribution in [-0.4, -0.2) is 24.0 Å². The van der Waals surface area contributed by atoms with E-state index in [-0.39, 0.29) is 0 Å². The van der Waals surface area contributed by atoms with Crippen LogP contribution in [0, 0.1) is 0 Å². The Kier molecular flexibility index (Phi) is 4.66. The number of rotatable bonds is 3. The van der Waals surface area contributed by atoms with Crippen LogP contribution < -0.4 is 5.32 Å². The Morgan fingerprint density at radius 3 is 2.70 bits per heavy atom. The van der Waals surface area contributed by atoms with Crippen molar-refractivity contribution in [1.82, 2.24) is 5.32 Å². The summed E-state index contributed by atoms with van der Waals surface area (Å²) in [6.45, 7) is 4.01. The summed E-state index contributed by atoms with van der Waals surface area (Å²) in [6.07, 6.45) is -1.14. The first-order valence-electron chi connectivity index (χ1n) is 3.33. The first kappa shape index (κ1) is 9.23. The Hall–Kier alpha value is -0.770. The number of aliphatic hydroxyl groups excluding tert-OH is 1. The lowest BCUT2D eigenvalue weighted by Gasteiger charge is -2.08. The zero-order valence-corrected chi connectivity index (χ0v) is 6.26. The number of nitrogens with one attached hydrogen (secondary N) is 1. The van der Waals surface area contributed by atoms with Crippen LogP contribution in [0.25, 0.3) is 0 Å². The van der Waals surface area contributed by atoms with Gasteiger partial charge in [-0.2, -0.15) is 0 Å². The molecular formula is C6H13NO3. The van der Waals surface area contributed by atoms with Crippen LogP contribution in [-0.2, 0) is 4.74 Å². The van der Waals surface area contributed by atoms with Crippen LogP contribution in [0.2, 0.25) is 0 Å². The molecule has 0 fully saturated rings. The molecule has 0 aliphatic carbocycles. The lowest BCUT2D eigenvalue weighted by atomic mass is 10.5. The second kappa shape index (κ2) is 5.05. The van der Waals surface area contributed by atoms with Crippen LogP contribution in [0.4, 0.5) is 4.79 Å². The zero-order chi connectivity index (χ0) is 7.98. The molecule has 0 saturated carbocycles. The number of alkyl carbamates (subject to hydrolysis) is 1. The molecule has 0 aliphatic heterocycles. The summed E-state index contributed by atoms with van der Waals surface area (Å²) in [5.74, 6) is 0. The Balaban J connectivity index is 3.37. The van der Waals surface area contributed by atoms with E-state index in [2.05, 4.69) is 10.1 Å². The van der Waals surface area contributed by atoms with E-state index in [0.29, 0.717) is 13.0 Å². The molecule has 0 aromatic carbocycles. The number of aliphatic hydroxyl groups is 1. The maximum Gasteiger partial charge on any atom is 0.409 e. The van der Waals surface area contributed by atoms with E-state index in [0.717, 1.165) is 0 Å². The molecule has 10 heavy (non-hydrogen) atoms. The minimum absolute atomic E-state index is 0.414. The summed E-state index contributed by atoms with van der Waals surface area (Å²) < 4.78 is 4.45. The zero-order valence-electron chi connectivity index (χ0n) is 6.26. The van der Waals surface area contributed by atoms with Gasteiger partial charge in [0, 0.05) is 13.0 Å². The van der Waals surface area contributed by atoms with E-state index in [1.54, 1.807) is 13.8 Å². The van der Waals surface area contributed by atoms with Crippen molar-refractivity contribution in [2.75, 3.05) is 6.54 Å². The lowest BCUT2D eigenvalue weighted by Crippen LogP contribution is -2.28. The molecule has 0 aliphatic rings. The maximum atomic E-state index is 10.5. The predicted molar refractivity (Wildman–Crippen MR) is 36.5 cm³/mol. The fourth-order valence-corrected chi connectivity index (χ4v) is 0.393. The molecule has 4 heteroatoms. The third kappa shape index (κ3) is 4.14. The smallest absolute Gasteiger partial charge is 0.409 e. The average molecular weight is 147 g/mol. The maximum absolute atomic E-state index is 10.5. The molecule has 4 nitrogen and oxygen atoms in total. The molecule has 60 valence electrons. The standard InChI is InChI=1S/C6H13NO3/c1-3-5(8)10-6(9)7-4-2/h5,8H,3-4H2,1-2H3,(H,7,9). The van der Waals surface area contributed by atoms with Gasteiger partial charge in [-0.05, 0) is 6.92 Å². The highest BCUT2D eigenvalue weighted by Crippen LogP contribution is 1.91. The van der Waals surface area contributed by atoms with Crippen molar-refractivity contribution in [3.05, 3.63) is 0 Å². The fraction of sp³-hybridized carbons (Fsp3) is 0.833. The van der Waals surface area contributed by atoms with E-state index in [1.807, 2.05) is 0 Å². The first-order chi connectivity index (χ1) is 4.70. The van der Waals surface area contributed by atoms with Crippen LogP contribution in [0.15, 0.2) is 0 Å². The number of amides is 1. The molecule has 0 radical (unpaired) electrons. The molecule has 0 aromatic rings. The quantitative estimate of drug-likeness (QED) is 0.570. The van der Waals surface area contributed by atoms with Gasteiger partial charge in [-0.15, -0.1) is 0 Å². The van der Waals surface area contributed by atoms with Gasteiger partial charge in [0.15, 0.2) is 0 Å². The molecular weight excluding hydrogens is 134 g/mol. The van der Waals surface area contributed by atoms with Crippen molar-refractivity contribution in [2.24, 2.45) is 0 Å². The van der Waals surface area contributed by atoms with E-state index in [9.17, 15) is 4.79 Å². The Morgan fingerprint density at radius 1 is 1.70 bits per heavy atom. The minimum Gasteiger partial charge on any atom is -0.420 e. The molecule has 0 rings (SSSR count). The van der Waals surface area contributed by atoms with Crippen molar-refractivity contribution in [3.8, 4) is 0 Å². The third-order valence-electron chi connectivity index (χ3n) is 0.913. The number of carbonyl (C=O) groups is 1. The van der Waals surface area contributed by atoms with Crippen molar-refractivity contribution >= 4 is 6.09 Å². The van der Waals surface area contributed by atoms with Crippen LogP contribution >= 0.6 is 0 Å². The van der Waals surface area contributed by atoms with Gasteiger partial charge in [0.1, 0.15) is 0 Å². The summed E-state index contributed by atoms with van der Waals surface area (Å²) in [4.78, 5) is 10.5. The highest BCUT2D eigenvalue weighted by molar-refractivity contribution is 5.67. The molecule has 0 heterocycles. The van der Waals surface area contributed by atoms with Gasteiger partial charge in [0.25, 0.3) is 0 Å². The lowest BCUT2D eigenvalue weighted by molar-refractivity contribution is -0.0529. The normalized spacial score (nSPS) is 12.3. The van der Waals surface area contributed by atoms with Gasteiger partial charge in [-0.1, -0.05) is 6.92 Å². The SMILES string of the molecule is CCNC(=O)OC(O)CC. The molecule has 1 atom stereocenters. The Bertz CT molecular complexity index is 105. The fourth-order valence-electron chi connectivity index (χ4n) is 0.393. The Labute approximate surface area is 60.2 Å². The van der Waals surface area contributed by atoms with E-state index >= 15 is 0 Å². The van der Waals surface area contributed by atoms with E-state index in [1.165, 1.54) is 0 Å². The van der Waals surface area contributed by atoms with E-state index < -0.39 is 12.4 Å². The van der Waals surface area contributed by atoms with Gasteiger partial charge in [-0.3, -0.25) is 0 Å². The second-order valence-electron chi connectivity index (χ2n) is 1.80. The number of carbonyl (C=O) groups excluding carboxylic acids is 1. The summed E-state index contributed by atoms with van der Waals surface area (Å²) in [7, 11) is 0. The van der Waals surface area contributed by atoms with Gasteiger partial charge >= 0.3 is 6.09 Å². The van der Waals surface area contributed by atoms with Crippen molar-refractivity contribution < 1.29 is 14.6 Å². The topological polar surface area (TPSA) is 58.6 Å². The number of ether oxygens (including phenoxy) is 1. The van der Waals surface area contributed by atoms with E-state index in [4.69, 9.17) is 5.11 Å². The highest BCUT2D eigenvalue weighted by Gasteiger charge is 2.05. The second-order valence-corrected chi connectivity index (χ2v) is 1.80. The summed E-state index contributed by atoms with van der Waals surface area (Å²) in [5.41, 5.74) is 0. The summed E-state index contributed by atoms with van der Waals surface area (Å²) in [5, 5.41) is 11.2. The van der Waals surface area contributed by atoms with Crippen LogP contribution in [0.3, 0.4) is 0 Å². The van der Waals surface area contributed by atoms with Gasteiger partial charge in [0.2, 0.25) is 6.29 Å². The molecule has 0 spiro atoms. The molecule has 0 bridgehead atoms. The monoisotopic (exact) mass is 147 g/mol. The van der Waals surface area contributed by atoms with Gasteiger partial charge < -0.3 is 15.2 Å². The van der Waals surface area contributed by atoms with Gasteiger partial charge in [-0.25, -0.2) is 4.79 Å². The number of hydrogen-bond acceptors (Lipinski definition) is 3. The van der Waals surface area contributed by atoms with Crippen molar-refractivity contribution in [3.63, 3.8) is 0 Å². The first-order valence-corrected chi connectivity index (χ1v) is 3.33. The number of hydrogen-bond donors (Lipinski definition) is 2. The third-order valence-corrected chi connectivity index (χ3v) is 0.913. The summed E-state index contributed by atoms with van der Waals surface area (Å²) in [6, 6.07) is 0. The average Bonchev–Trinajstić information content (AvgIpc) is 1.88. The van der Waals surface area contributed by atoms with Crippen LogP contribution in [0.1, 0.15) is 20.3 Å². The molecule has 1 amide bonds. The van der Waals surface area contributed by atoms with Crippen LogP contribution in [0.5, 0.6) is 0 Å². The largest absolute Gasteiger partial charge is 0.420 e. The molecule has 0 saturated heterocycles. The minimum atomic E-state index is -0.980. The van der Waals surface area contributed by atoms with Gasteiger partial charge in [0.05, 0.1) is 0 Å². The predicted octanol–water partition coefficient (Wildman–Crippen LogP) is 0.461. The molecule has 0 aromatic heterocycles. The highest BCUT2D eigenvalue weighted by atomic mass is 16.6. The van der Waals surface area contributed by atoms with Crippen molar-refractivity contribution in [2.45, 2.75) is 26.6 Å². The molecule has 1 unspecified atom stereocenters. The van der Waals surface area contributed by atoms with Crippen molar-refractivity contribution in [1.29, 1.82) is 0 Å².